The smallest absolute Gasteiger partial charge is 0.0187 e. The maximum Gasteiger partial charge on any atom is 0.0187 e. The molecule has 0 saturated carbocycles. The molecule has 1 heterocycles. The summed E-state index contributed by atoms with van der Waals surface area (Å²) in [6, 6.07) is 13.4. The van der Waals surface area contributed by atoms with Gasteiger partial charge in [-0.3, -0.25) is 0 Å². The van der Waals surface area contributed by atoms with Crippen molar-refractivity contribution in [1.82, 2.24) is 0 Å². The Labute approximate surface area is 101 Å². The van der Waals surface area contributed by atoms with Crippen LogP contribution >= 0.6 is 11.8 Å². The Kier molecular flexibility index (Phi) is 2.29. The van der Waals surface area contributed by atoms with Crippen LogP contribution in [0.5, 0.6) is 0 Å². The lowest BCUT2D eigenvalue weighted by atomic mass is 10.0. The normalized spacial score (nSPS) is 13.1. The summed E-state index contributed by atoms with van der Waals surface area (Å²) in [5.74, 6) is 0. The van der Waals surface area contributed by atoms with Crippen LogP contribution in [0, 0.1) is 13.8 Å². The van der Waals surface area contributed by atoms with E-state index in [9.17, 15) is 0 Å². The van der Waals surface area contributed by atoms with E-state index >= 15 is 0 Å². The largest absolute Gasteiger partial charge is 0.0892 e. The number of benzene rings is 2. The molecule has 0 atom stereocenters. The van der Waals surface area contributed by atoms with E-state index in [0.717, 1.165) is 6.42 Å². The SMILES string of the molecule is Cc1ccc2c(c1)Sc1c(C)cccc1C2. The highest BCUT2D eigenvalue weighted by Crippen LogP contribution is 2.41. The molecule has 0 nitrogen and oxygen atoms in total. The highest BCUT2D eigenvalue weighted by atomic mass is 32.2. The maximum absolute atomic E-state index is 2.30. The van der Waals surface area contributed by atoms with E-state index in [-0.39, 0.29) is 0 Å². The lowest BCUT2D eigenvalue weighted by Gasteiger charge is -2.20. The molecule has 0 saturated heterocycles. The monoisotopic (exact) mass is 226 g/mol. The van der Waals surface area contributed by atoms with Crippen molar-refractivity contribution in [2.24, 2.45) is 0 Å². The molecular weight excluding hydrogens is 212 g/mol. The Hall–Kier alpha value is -1.21. The molecule has 0 N–H and O–H groups in total. The fourth-order valence-corrected chi connectivity index (χ4v) is 3.45. The second-order valence-electron chi connectivity index (χ2n) is 4.45. The summed E-state index contributed by atoms with van der Waals surface area (Å²) >= 11 is 1.92. The van der Waals surface area contributed by atoms with Crippen LogP contribution in [0.3, 0.4) is 0 Å². The molecule has 0 fully saturated rings. The highest BCUT2D eigenvalue weighted by Gasteiger charge is 2.16. The summed E-state index contributed by atoms with van der Waals surface area (Å²) in [6.07, 6.45) is 1.08. The van der Waals surface area contributed by atoms with Crippen LogP contribution in [-0.2, 0) is 6.42 Å². The molecule has 0 unspecified atom stereocenters. The van der Waals surface area contributed by atoms with E-state index < -0.39 is 0 Å². The zero-order valence-electron chi connectivity index (χ0n) is 9.58. The van der Waals surface area contributed by atoms with Gasteiger partial charge in [-0.2, -0.15) is 0 Å². The minimum atomic E-state index is 1.08. The molecule has 80 valence electrons. The summed E-state index contributed by atoms with van der Waals surface area (Å²) in [4.78, 5) is 2.89. The van der Waals surface area contributed by atoms with E-state index in [1.54, 1.807) is 0 Å². The average Bonchev–Trinajstić information content (AvgIpc) is 2.28. The molecule has 1 aliphatic rings. The van der Waals surface area contributed by atoms with Gasteiger partial charge in [-0.05, 0) is 48.6 Å². The second-order valence-corrected chi connectivity index (χ2v) is 5.51. The third-order valence-corrected chi connectivity index (χ3v) is 4.50. The van der Waals surface area contributed by atoms with Crippen molar-refractivity contribution >= 4 is 11.8 Å². The lowest BCUT2D eigenvalue weighted by Crippen LogP contribution is -2.01. The maximum atomic E-state index is 2.30. The van der Waals surface area contributed by atoms with Crippen molar-refractivity contribution in [1.29, 1.82) is 0 Å². The van der Waals surface area contributed by atoms with Crippen molar-refractivity contribution in [3.8, 4) is 0 Å². The van der Waals surface area contributed by atoms with E-state index in [0.29, 0.717) is 0 Å². The minimum Gasteiger partial charge on any atom is -0.0892 e. The highest BCUT2D eigenvalue weighted by molar-refractivity contribution is 7.99. The van der Waals surface area contributed by atoms with Gasteiger partial charge in [0.2, 0.25) is 0 Å². The van der Waals surface area contributed by atoms with Crippen molar-refractivity contribution in [3.05, 3.63) is 58.7 Å². The van der Waals surface area contributed by atoms with E-state index in [1.165, 1.54) is 32.0 Å². The Morgan fingerprint density at radius 2 is 1.88 bits per heavy atom. The molecule has 0 aromatic heterocycles. The van der Waals surface area contributed by atoms with Crippen molar-refractivity contribution < 1.29 is 0 Å². The molecule has 1 heteroatoms. The first-order valence-corrected chi connectivity index (χ1v) is 6.41. The third kappa shape index (κ3) is 1.56. The van der Waals surface area contributed by atoms with E-state index in [4.69, 9.17) is 0 Å². The van der Waals surface area contributed by atoms with Crippen LogP contribution in [-0.4, -0.2) is 0 Å². The second kappa shape index (κ2) is 3.67. The van der Waals surface area contributed by atoms with Gasteiger partial charge in [-0.25, -0.2) is 0 Å². The van der Waals surface area contributed by atoms with Crippen LogP contribution in [0.25, 0.3) is 0 Å². The quantitative estimate of drug-likeness (QED) is 0.549. The van der Waals surface area contributed by atoms with Gasteiger partial charge in [0, 0.05) is 9.79 Å². The minimum absolute atomic E-state index is 1.08. The third-order valence-electron chi connectivity index (χ3n) is 3.11. The summed E-state index contributed by atoms with van der Waals surface area (Å²) in [6.45, 7) is 4.36. The van der Waals surface area contributed by atoms with E-state index in [2.05, 4.69) is 50.2 Å². The first-order chi connectivity index (χ1) is 7.74. The van der Waals surface area contributed by atoms with Crippen LogP contribution in [0.2, 0.25) is 0 Å². The first-order valence-electron chi connectivity index (χ1n) is 5.60. The van der Waals surface area contributed by atoms with Gasteiger partial charge in [0.05, 0.1) is 0 Å². The summed E-state index contributed by atoms with van der Waals surface area (Å²) in [5.41, 5.74) is 5.69. The number of fused-ring (bicyclic) bond motifs is 2. The molecule has 0 spiro atoms. The van der Waals surface area contributed by atoms with Crippen molar-refractivity contribution in [2.45, 2.75) is 30.1 Å². The molecule has 0 aliphatic carbocycles. The zero-order chi connectivity index (χ0) is 11.1. The lowest BCUT2D eigenvalue weighted by molar-refractivity contribution is 1.03. The number of aryl methyl sites for hydroxylation is 2. The van der Waals surface area contributed by atoms with Gasteiger partial charge in [-0.15, -0.1) is 0 Å². The molecule has 0 radical (unpaired) electrons. The molecule has 0 bridgehead atoms. The molecule has 3 rings (SSSR count). The van der Waals surface area contributed by atoms with Gasteiger partial charge < -0.3 is 0 Å². The van der Waals surface area contributed by atoms with Gasteiger partial charge in [0.25, 0.3) is 0 Å². The fourth-order valence-electron chi connectivity index (χ4n) is 2.22. The van der Waals surface area contributed by atoms with E-state index in [1.807, 2.05) is 11.8 Å². The number of hydrogen-bond donors (Lipinski definition) is 0. The number of hydrogen-bond acceptors (Lipinski definition) is 1. The van der Waals surface area contributed by atoms with Crippen LogP contribution in [0.1, 0.15) is 22.3 Å². The summed E-state index contributed by atoms with van der Waals surface area (Å²) in [7, 11) is 0. The van der Waals surface area contributed by atoms with Crippen molar-refractivity contribution in [3.63, 3.8) is 0 Å². The van der Waals surface area contributed by atoms with Gasteiger partial charge in [0.1, 0.15) is 0 Å². The van der Waals surface area contributed by atoms with Crippen LogP contribution in [0.15, 0.2) is 46.2 Å². The van der Waals surface area contributed by atoms with Crippen LogP contribution < -0.4 is 0 Å². The Morgan fingerprint density at radius 3 is 2.75 bits per heavy atom. The van der Waals surface area contributed by atoms with Crippen molar-refractivity contribution in [2.75, 3.05) is 0 Å². The average molecular weight is 226 g/mol. The Bertz CT molecular complexity index is 555. The topological polar surface area (TPSA) is 0 Å². The fraction of sp³-hybridized carbons (Fsp3) is 0.200. The first kappa shape index (κ1) is 9.98. The Morgan fingerprint density at radius 1 is 1.00 bits per heavy atom. The Balaban J connectivity index is 2.13. The molecular formula is C15H14S. The zero-order valence-corrected chi connectivity index (χ0v) is 10.4. The standard InChI is InChI=1S/C15H14S/c1-10-6-7-12-9-13-5-3-4-11(2)15(13)16-14(12)8-10/h3-8H,9H2,1-2H3. The summed E-state index contributed by atoms with van der Waals surface area (Å²) < 4.78 is 0. The molecule has 2 aromatic carbocycles. The van der Waals surface area contributed by atoms with Gasteiger partial charge in [0.15, 0.2) is 0 Å². The number of rotatable bonds is 0. The van der Waals surface area contributed by atoms with Gasteiger partial charge >= 0.3 is 0 Å². The molecule has 2 aromatic rings. The molecule has 0 amide bonds. The van der Waals surface area contributed by atoms with Crippen LogP contribution in [0.4, 0.5) is 0 Å². The van der Waals surface area contributed by atoms with Gasteiger partial charge in [-0.1, -0.05) is 42.1 Å². The predicted octanol–water partition coefficient (Wildman–Crippen LogP) is 4.36. The predicted molar refractivity (Wildman–Crippen MR) is 69.3 cm³/mol. The summed E-state index contributed by atoms with van der Waals surface area (Å²) in [5, 5.41) is 0. The molecule has 16 heavy (non-hydrogen) atoms. The molecule has 1 aliphatic heterocycles.